The number of aliphatic hydroxyl groups excluding tert-OH is 3. The van der Waals surface area contributed by atoms with Gasteiger partial charge in [-0.25, -0.2) is 0 Å². The summed E-state index contributed by atoms with van der Waals surface area (Å²) in [6.45, 7) is 8.95. The first-order valence-corrected chi connectivity index (χ1v) is 21.1. The summed E-state index contributed by atoms with van der Waals surface area (Å²) in [5, 5.41) is 51.9. The Labute approximate surface area is 362 Å². The molecule has 2 aliphatic heterocycles. The summed E-state index contributed by atoms with van der Waals surface area (Å²) in [7, 11) is 0. The summed E-state index contributed by atoms with van der Waals surface area (Å²) in [4.78, 5) is 20.5. The smallest absolute Gasteiger partial charge is 0.326 e. The summed E-state index contributed by atoms with van der Waals surface area (Å²) in [6.07, 6.45) is 5.79. The molecule has 15 heteroatoms. The van der Waals surface area contributed by atoms with E-state index in [1.54, 1.807) is 24.4 Å². The summed E-state index contributed by atoms with van der Waals surface area (Å²) in [5.41, 5.74) is 3.76. The number of rotatable bonds is 22. The molecule has 0 bridgehead atoms. The highest BCUT2D eigenvalue weighted by molar-refractivity contribution is 6.32. The summed E-state index contributed by atoms with van der Waals surface area (Å²) < 4.78 is 25.1. The molecule has 0 aliphatic carbocycles. The average Bonchev–Trinajstić information content (AvgIpc) is 3.88. The van der Waals surface area contributed by atoms with Crippen molar-refractivity contribution in [1.82, 2.24) is 20.1 Å². The Morgan fingerprint density at radius 2 is 1.56 bits per heavy atom. The summed E-state index contributed by atoms with van der Waals surface area (Å²) >= 11 is 6.79. The Hall–Kier alpha value is -4.98. The second-order valence-corrected chi connectivity index (χ2v) is 16.4. The highest BCUT2D eigenvalue weighted by Crippen LogP contribution is 2.36. The van der Waals surface area contributed by atoms with Crippen LogP contribution in [0.5, 0.6) is 23.0 Å². The van der Waals surface area contributed by atoms with E-state index in [0.29, 0.717) is 66.0 Å². The van der Waals surface area contributed by atoms with Crippen molar-refractivity contribution >= 4 is 17.6 Å². The minimum Gasteiger partial charge on any atom is -0.493 e. The average molecular weight is 858 g/mol. The van der Waals surface area contributed by atoms with Crippen LogP contribution in [0.4, 0.5) is 0 Å². The monoisotopic (exact) mass is 857 g/mol. The third-order valence-electron chi connectivity index (χ3n) is 11.2. The van der Waals surface area contributed by atoms with E-state index in [2.05, 4.69) is 26.2 Å². The van der Waals surface area contributed by atoms with Gasteiger partial charge < -0.3 is 49.2 Å². The first-order chi connectivity index (χ1) is 29.4. The fourth-order valence-electron chi connectivity index (χ4n) is 7.43. The van der Waals surface area contributed by atoms with Gasteiger partial charge in [0.25, 0.3) is 0 Å². The van der Waals surface area contributed by atoms with Gasteiger partial charge in [0.05, 0.1) is 42.6 Å². The lowest BCUT2D eigenvalue weighted by atomic mass is 9.96. The molecule has 5 N–H and O–H groups in total. The van der Waals surface area contributed by atoms with Crippen LogP contribution in [0.1, 0.15) is 60.4 Å². The van der Waals surface area contributed by atoms with Gasteiger partial charge in [0.2, 0.25) is 0 Å². The number of aliphatic carboxylic acids is 1. The van der Waals surface area contributed by atoms with E-state index in [1.807, 2.05) is 43.3 Å². The van der Waals surface area contributed by atoms with Crippen molar-refractivity contribution in [3.8, 4) is 40.2 Å². The van der Waals surface area contributed by atoms with Crippen molar-refractivity contribution in [2.75, 3.05) is 59.1 Å². The van der Waals surface area contributed by atoms with Crippen LogP contribution >= 0.6 is 11.6 Å². The Morgan fingerprint density at radius 1 is 0.902 bits per heavy atom. The molecule has 1 unspecified atom stereocenters. The first-order valence-electron chi connectivity index (χ1n) is 20.7. The molecule has 0 amide bonds. The minimum atomic E-state index is -1.61. The lowest BCUT2D eigenvalue weighted by molar-refractivity contribution is -0.145. The van der Waals surface area contributed by atoms with Crippen molar-refractivity contribution in [2.45, 2.75) is 77.0 Å². The molecule has 3 aromatic carbocycles. The van der Waals surface area contributed by atoms with Gasteiger partial charge in [-0.1, -0.05) is 29.8 Å². The molecule has 4 aromatic rings. The van der Waals surface area contributed by atoms with Gasteiger partial charge in [0, 0.05) is 81.5 Å². The number of pyridine rings is 1. The standard InChI is InChI=1S/C46H56ClN5O9/c1-31-34(29-61-44-21-43(60-28-33-16-32(22-48)23-49-24-33)36(19-42(44)47)25-50-46(2,30-53)45(56)57)6-3-7-41(31)35-17-39(58-14-4-10-51-12-8-37(54)26-51)20-40(18-35)59-15-5-11-52-13-9-38(55)27-52/h3,6-7,16-21,23-24,37-38,50,53-55H,4-5,8-15,25-30H2,1-2H3,(H,56,57)/t37-,38-,46?/m1/s1. The number of carboxylic acid groups (broad SMARTS) is 1. The Kier molecular flexibility index (Phi) is 16.2. The fraction of sp³-hybridized carbons (Fsp3) is 0.457. The lowest BCUT2D eigenvalue weighted by Gasteiger charge is -2.25. The van der Waals surface area contributed by atoms with Gasteiger partial charge >= 0.3 is 5.97 Å². The molecule has 2 saturated heterocycles. The number of ether oxygens (including phenoxy) is 4. The first kappa shape index (κ1) is 45.5. The van der Waals surface area contributed by atoms with Crippen molar-refractivity contribution in [3.63, 3.8) is 0 Å². The van der Waals surface area contributed by atoms with Crippen LogP contribution in [0.2, 0.25) is 5.02 Å². The van der Waals surface area contributed by atoms with E-state index in [4.69, 9.17) is 30.5 Å². The molecule has 2 aliphatic rings. The topological polar surface area (TPSA) is 190 Å². The van der Waals surface area contributed by atoms with E-state index in [-0.39, 0.29) is 37.0 Å². The minimum absolute atomic E-state index is 0.00989. The summed E-state index contributed by atoms with van der Waals surface area (Å²) in [6, 6.07) is 19.0. The van der Waals surface area contributed by atoms with Gasteiger partial charge in [0.15, 0.2) is 0 Å². The van der Waals surface area contributed by atoms with Crippen molar-refractivity contribution < 1.29 is 44.2 Å². The molecule has 3 heterocycles. The number of benzene rings is 3. The molecule has 0 spiro atoms. The molecule has 326 valence electrons. The van der Waals surface area contributed by atoms with Crippen LogP contribution in [-0.2, 0) is 24.6 Å². The number of nitrogens with one attached hydrogen (secondary N) is 1. The Balaban J connectivity index is 1.19. The second kappa shape index (κ2) is 21.7. The molecule has 1 aromatic heterocycles. The SMILES string of the molecule is Cc1c(COc2cc(OCc3cncc(C#N)c3)c(CNC(C)(CO)C(=O)O)cc2Cl)cccc1-c1cc(OCCCN2CC[C@@H](O)C2)cc(OCCCN2CC[C@@H](O)C2)c1. The van der Waals surface area contributed by atoms with Gasteiger partial charge in [-0.3, -0.25) is 15.1 Å². The zero-order valence-corrected chi connectivity index (χ0v) is 35.6. The molecular weight excluding hydrogens is 802 g/mol. The highest BCUT2D eigenvalue weighted by Gasteiger charge is 2.32. The van der Waals surface area contributed by atoms with Crippen LogP contribution in [0.15, 0.2) is 67.0 Å². The number of carboxylic acids is 1. The maximum atomic E-state index is 11.9. The zero-order valence-electron chi connectivity index (χ0n) is 34.8. The van der Waals surface area contributed by atoms with Gasteiger partial charge in [-0.15, -0.1) is 0 Å². The van der Waals surface area contributed by atoms with E-state index < -0.39 is 18.1 Å². The predicted molar refractivity (Wildman–Crippen MR) is 230 cm³/mol. The Morgan fingerprint density at radius 3 is 2.15 bits per heavy atom. The molecule has 2 fully saturated rings. The van der Waals surface area contributed by atoms with Crippen molar-refractivity contribution in [2.24, 2.45) is 0 Å². The number of likely N-dealkylation sites (tertiary alicyclic amines) is 2. The number of halogens is 1. The van der Waals surface area contributed by atoms with Crippen molar-refractivity contribution in [1.29, 1.82) is 5.26 Å². The number of aliphatic hydroxyl groups is 3. The molecule has 3 atom stereocenters. The normalized spacial score (nSPS) is 17.8. The number of carbonyl (C=O) groups is 1. The predicted octanol–water partition coefficient (Wildman–Crippen LogP) is 5.34. The lowest BCUT2D eigenvalue weighted by Crippen LogP contribution is -2.52. The van der Waals surface area contributed by atoms with Gasteiger partial charge in [-0.2, -0.15) is 5.26 Å². The Bertz CT molecular complexity index is 2100. The maximum absolute atomic E-state index is 11.9. The molecule has 0 radical (unpaired) electrons. The van der Waals surface area contributed by atoms with E-state index in [9.17, 15) is 30.5 Å². The third-order valence-corrected chi connectivity index (χ3v) is 11.5. The number of hydrogen-bond donors (Lipinski definition) is 5. The van der Waals surface area contributed by atoms with Crippen LogP contribution in [0.25, 0.3) is 11.1 Å². The molecule has 6 rings (SSSR count). The number of β-amino-alcohol motifs (C(OH)–C–C–N with tert-alkyl or cyclic N) is 2. The van der Waals surface area contributed by atoms with Gasteiger partial charge in [0.1, 0.15) is 47.8 Å². The molecule has 14 nitrogen and oxygen atoms in total. The van der Waals surface area contributed by atoms with Crippen LogP contribution in [-0.4, -0.2) is 118 Å². The van der Waals surface area contributed by atoms with Crippen molar-refractivity contribution in [3.05, 3.63) is 99.8 Å². The molecule has 61 heavy (non-hydrogen) atoms. The number of hydrogen-bond acceptors (Lipinski definition) is 13. The van der Waals surface area contributed by atoms with Gasteiger partial charge in [-0.05, 0) is 86.1 Å². The van der Waals surface area contributed by atoms with Crippen LogP contribution in [0.3, 0.4) is 0 Å². The third kappa shape index (κ3) is 12.8. The number of aromatic nitrogens is 1. The largest absolute Gasteiger partial charge is 0.493 e. The molecule has 0 saturated carbocycles. The van der Waals surface area contributed by atoms with Crippen LogP contribution < -0.4 is 24.3 Å². The molecular formula is C46H56ClN5O9. The fourth-order valence-corrected chi connectivity index (χ4v) is 7.67. The van der Waals surface area contributed by atoms with E-state index in [1.165, 1.54) is 13.1 Å². The van der Waals surface area contributed by atoms with Crippen LogP contribution in [0, 0.1) is 18.3 Å². The zero-order chi connectivity index (χ0) is 43.4. The maximum Gasteiger partial charge on any atom is 0.326 e. The van der Waals surface area contributed by atoms with E-state index >= 15 is 0 Å². The summed E-state index contributed by atoms with van der Waals surface area (Å²) in [5.74, 6) is 0.892. The quantitative estimate of drug-likeness (QED) is 0.0638. The van der Waals surface area contributed by atoms with E-state index in [0.717, 1.165) is 74.1 Å². The number of nitrogens with zero attached hydrogens (tertiary/aromatic N) is 4. The second-order valence-electron chi connectivity index (χ2n) is 16.0. The highest BCUT2D eigenvalue weighted by atomic mass is 35.5. The number of nitriles is 1.